The zero-order valence-electron chi connectivity index (χ0n) is 9.69. The molecular weight excluding hydrogens is 236 g/mol. The third kappa shape index (κ3) is 2.54. The number of nitrogen functional groups attached to an aromatic ring is 1. The molecule has 94 valence electrons. The molecule has 3 N–H and O–H groups in total. The van der Waals surface area contributed by atoms with Crippen LogP contribution in [0, 0.1) is 0 Å². The zero-order valence-corrected chi connectivity index (χ0v) is 9.69. The minimum absolute atomic E-state index is 0.0796. The molecule has 1 aromatic carbocycles. The number of ether oxygens (including phenoxy) is 1. The van der Waals surface area contributed by atoms with Gasteiger partial charge in [0.2, 0.25) is 0 Å². The molecule has 0 atom stereocenters. The van der Waals surface area contributed by atoms with Crippen molar-refractivity contribution in [2.45, 2.75) is 6.92 Å². The lowest BCUT2D eigenvalue weighted by Crippen LogP contribution is -2.00. The number of phenolic OH excluding ortho intramolecular Hbond substituents is 1. The molecule has 0 aliphatic rings. The van der Waals surface area contributed by atoms with Crippen LogP contribution < -0.4 is 10.5 Å². The molecule has 1 aromatic heterocycles. The van der Waals surface area contributed by atoms with Crippen LogP contribution >= 0.6 is 0 Å². The highest BCUT2D eigenvalue weighted by atomic mass is 16.5. The summed E-state index contributed by atoms with van der Waals surface area (Å²) in [6.45, 7) is 2.30. The van der Waals surface area contributed by atoms with Crippen LogP contribution in [-0.4, -0.2) is 38.2 Å². The summed E-state index contributed by atoms with van der Waals surface area (Å²) >= 11 is 0. The minimum atomic E-state index is 0.0796. The van der Waals surface area contributed by atoms with Crippen LogP contribution in [0.3, 0.4) is 0 Å². The average Bonchev–Trinajstić information content (AvgIpc) is 2.76. The maximum Gasteiger partial charge on any atom is 0.263 e. The van der Waals surface area contributed by atoms with Gasteiger partial charge < -0.3 is 15.6 Å². The molecule has 0 unspecified atom stereocenters. The van der Waals surface area contributed by atoms with E-state index in [0.717, 1.165) is 10.4 Å². The minimum Gasteiger partial charge on any atom is -0.504 e. The predicted octanol–water partition coefficient (Wildman–Crippen LogP) is 0.242. The molecule has 0 aliphatic heterocycles. The fourth-order valence-corrected chi connectivity index (χ4v) is 1.28. The normalized spacial score (nSPS) is 10.9. The molecule has 0 fully saturated rings. The fraction of sp³-hybridized carbons (Fsp3) is 0.200. The van der Waals surface area contributed by atoms with Gasteiger partial charge in [-0.2, -0.15) is 5.10 Å². The first-order chi connectivity index (χ1) is 8.70. The standard InChI is InChI=1S/C10H12N6O2/c1-2-18-9-5-7(3-4-8(9)17)6-12-16-10(11)13-14-15-16/h3-6,17H,2H2,1H3,(H2,11,13,15)/b12-6+. The summed E-state index contributed by atoms with van der Waals surface area (Å²) in [6, 6.07) is 4.86. The third-order valence-electron chi connectivity index (χ3n) is 2.08. The zero-order chi connectivity index (χ0) is 13.0. The number of nitrogens with two attached hydrogens (primary N) is 1. The second-order valence-corrected chi connectivity index (χ2v) is 3.33. The summed E-state index contributed by atoms with van der Waals surface area (Å²) in [5.74, 6) is 0.567. The second kappa shape index (κ2) is 5.13. The van der Waals surface area contributed by atoms with Gasteiger partial charge in [-0.1, -0.05) is 9.89 Å². The fourth-order valence-electron chi connectivity index (χ4n) is 1.28. The Morgan fingerprint density at radius 2 is 2.39 bits per heavy atom. The summed E-state index contributed by atoms with van der Waals surface area (Å²) in [4.78, 5) is 1.09. The Labute approximate surface area is 103 Å². The molecule has 0 radical (unpaired) electrons. The molecule has 18 heavy (non-hydrogen) atoms. The third-order valence-corrected chi connectivity index (χ3v) is 2.08. The molecule has 8 nitrogen and oxygen atoms in total. The van der Waals surface area contributed by atoms with E-state index in [4.69, 9.17) is 10.5 Å². The van der Waals surface area contributed by atoms with Gasteiger partial charge in [0, 0.05) is 0 Å². The van der Waals surface area contributed by atoms with Crippen molar-refractivity contribution in [3.8, 4) is 11.5 Å². The van der Waals surface area contributed by atoms with E-state index in [1.54, 1.807) is 12.1 Å². The monoisotopic (exact) mass is 248 g/mol. The summed E-state index contributed by atoms with van der Waals surface area (Å²) < 4.78 is 5.25. The van der Waals surface area contributed by atoms with Gasteiger partial charge in [-0.25, -0.2) is 0 Å². The van der Waals surface area contributed by atoms with Crippen molar-refractivity contribution in [2.75, 3.05) is 12.3 Å². The van der Waals surface area contributed by atoms with Gasteiger partial charge in [-0.15, -0.1) is 0 Å². The number of anilines is 1. The molecule has 0 spiro atoms. The Balaban J connectivity index is 2.22. The predicted molar refractivity (Wildman–Crippen MR) is 64.5 cm³/mol. The van der Waals surface area contributed by atoms with Crippen LogP contribution in [0.5, 0.6) is 11.5 Å². The van der Waals surface area contributed by atoms with Crippen molar-refractivity contribution in [3.05, 3.63) is 23.8 Å². The van der Waals surface area contributed by atoms with Crippen LogP contribution in [0.25, 0.3) is 0 Å². The molecule has 0 aliphatic carbocycles. The number of rotatable bonds is 4. The Kier molecular flexibility index (Phi) is 3.37. The largest absolute Gasteiger partial charge is 0.504 e. The van der Waals surface area contributed by atoms with Crippen LogP contribution in [0.4, 0.5) is 5.95 Å². The molecule has 0 bridgehead atoms. The highest BCUT2D eigenvalue weighted by molar-refractivity contribution is 5.80. The number of hydrogen-bond donors (Lipinski definition) is 2. The van der Waals surface area contributed by atoms with E-state index in [2.05, 4.69) is 20.6 Å². The van der Waals surface area contributed by atoms with Gasteiger partial charge in [0.15, 0.2) is 11.5 Å². The highest BCUT2D eigenvalue weighted by Crippen LogP contribution is 2.26. The number of tetrazole rings is 1. The number of benzene rings is 1. The maximum atomic E-state index is 9.54. The van der Waals surface area contributed by atoms with Gasteiger partial charge in [0.1, 0.15) is 0 Å². The van der Waals surface area contributed by atoms with Crippen molar-refractivity contribution in [3.63, 3.8) is 0 Å². The molecule has 2 rings (SSSR count). The van der Waals surface area contributed by atoms with Gasteiger partial charge in [-0.3, -0.25) is 0 Å². The SMILES string of the molecule is CCOc1cc(/C=N/n2nnnc2N)ccc1O. The van der Waals surface area contributed by atoms with Crippen molar-refractivity contribution in [1.82, 2.24) is 20.3 Å². The first kappa shape index (κ1) is 11.8. The topological polar surface area (TPSA) is 111 Å². The average molecular weight is 248 g/mol. The van der Waals surface area contributed by atoms with Gasteiger partial charge in [0.05, 0.1) is 12.8 Å². The molecule has 8 heteroatoms. The lowest BCUT2D eigenvalue weighted by molar-refractivity contribution is 0.318. The highest BCUT2D eigenvalue weighted by Gasteiger charge is 2.02. The van der Waals surface area contributed by atoms with Crippen LogP contribution in [0.1, 0.15) is 12.5 Å². The van der Waals surface area contributed by atoms with Crippen molar-refractivity contribution in [1.29, 1.82) is 0 Å². The Morgan fingerprint density at radius 1 is 1.56 bits per heavy atom. The summed E-state index contributed by atoms with van der Waals surface area (Å²) in [5, 5.41) is 23.9. The smallest absolute Gasteiger partial charge is 0.263 e. The Hall–Kier alpha value is -2.64. The number of nitrogens with zero attached hydrogens (tertiary/aromatic N) is 5. The molecular formula is C10H12N6O2. The van der Waals surface area contributed by atoms with E-state index in [0.29, 0.717) is 12.4 Å². The lowest BCUT2D eigenvalue weighted by atomic mass is 10.2. The van der Waals surface area contributed by atoms with Crippen LogP contribution in [0.15, 0.2) is 23.3 Å². The summed E-state index contributed by atoms with van der Waals surface area (Å²) in [7, 11) is 0. The van der Waals surface area contributed by atoms with Crippen LogP contribution in [-0.2, 0) is 0 Å². The van der Waals surface area contributed by atoms with E-state index in [-0.39, 0.29) is 11.7 Å². The van der Waals surface area contributed by atoms with E-state index in [1.165, 1.54) is 12.3 Å². The summed E-state index contributed by atoms with van der Waals surface area (Å²) in [6.07, 6.45) is 1.51. The Morgan fingerprint density at radius 3 is 3.06 bits per heavy atom. The van der Waals surface area contributed by atoms with Gasteiger partial charge >= 0.3 is 0 Å². The number of aromatic nitrogens is 4. The van der Waals surface area contributed by atoms with E-state index in [9.17, 15) is 5.11 Å². The Bertz CT molecular complexity index is 565. The molecule has 1 heterocycles. The lowest BCUT2D eigenvalue weighted by Gasteiger charge is -2.05. The maximum absolute atomic E-state index is 9.54. The quantitative estimate of drug-likeness (QED) is 0.750. The molecule has 0 saturated heterocycles. The van der Waals surface area contributed by atoms with Crippen LogP contribution in [0.2, 0.25) is 0 Å². The first-order valence-electron chi connectivity index (χ1n) is 5.24. The van der Waals surface area contributed by atoms with E-state index < -0.39 is 0 Å². The number of aromatic hydroxyl groups is 1. The van der Waals surface area contributed by atoms with E-state index in [1.807, 2.05) is 6.92 Å². The van der Waals surface area contributed by atoms with Gasteiger partial charge in [-0.05, 0) is 41.1 Å². The van der Waals surface area contributed by atoms with Crippen molar-refractivity contribution >= 4 is 12.2 Å². The first-order valence-corrected chi connectivity index (χ1v) is 5.24. The van der Waals surface area contributed by atoms with Crippen molar-refractivity contribution in [2.24, 2.45) is 5.10 Å². The summed E-state index contributed by atoms with van der Waals surface area (Å²) in [5.41, 5.74) is 6.18. The van der Waals surface area contributed by atoms with Crippen molar-refractivity contribution < 1.29 is 9.84 Å². The molecule has 2 aromatic rings. The van der Waals surface area contributed by atoms with Gasteiger partial charge in [0.25, 0.3) is 5.95 Å². The second-order valence-electron chi connectivity index (χ2n) is 3.33. The number of hydrogen-bond acceptors (Lipinski definition) is 7. The van der Waals surface area contributed by atoms with E-state index >= 15 is 0 Å². The number of phenols is 1. The molecule has 0 amide bonds. The molecule has 0 saturated carbocycles.